The van der Waals surface area contributed by atoms with Gasteiger partial charge in [-0.2, -0.15) is 0 Å². The summed E-state index contributed by atoms with van der Waals surface area (Å²) in [5, 5.41) is 14.9. The molecule has 4 aromatic rings. The zero-order valence-electron chi connectivity index (χ0n) is 24.4. The molecule has 8 N–H and O–H groups in total. The first kappa shape index (κ1) is 30.5. The zero-order valence-corrected chi connectivity index (χ0v) is 24.4. The molecule has 0 spiro atoms. The largest absolute Gasteiger partial charge is 0.399 e. The van der Waals surface area contributed by atoms with Gasteiger partial charge in [0.25, 0.3) is 5.91 Å². The lowest BCUT2D eigenvalue weighted by molar-refractivity contribution is -0.120. The maximum atomic E-state index is 13.7. The lowest BCUT2D eigenvalue weighted by atomic mass is 9.98. The van der Waals surface area contributed by atoms with Gasteiger partial charge in [0.1, 0.15) is 11.5 Å². The Labute approximate surface area is 250 Å². The van der Waals surface area contributed by atoms with Crippen LogP contribution in [0.4, 0.5) is 11.4 Å². The highest BCUT2D eigenvalue weighted by Gasteiger charge is 2.21. The number of aromatic nitrogens is 1. The van der Waals surface area contributed by atoms with Gasteiger partial charge in [0, 0.05) is 68.4 Å². The van der Waals surface area contributed by atoms with Gasteiger partial charge in [-0.1, -0.05) is 54.6 Å². The number of carbonyl (C=O) groups excluding carboxylic acids is 2. The summed E-state index contributed by atoms with van der Waals surface area (Å²) >= 11 is 0. The molecule has 0 aliphatic heterocycles. The van der Waals surface area contributed by atoms with Gasteiger partial charge < -0.3 is 32.1 Å². The van der Waals surface area contributed by atoms with Gasteiger partial charge in [-0.25, -0.2) is 5.01 Å². The Bertz CT molecular complexity index is 1700. The van der Waals surface area contributed by atoms with Crippen LogP contribution in [-0.4, -0.2) is 41.3 Å². The van der Waals surface area contributed by atoms with Crippen LogP contribution in [0, 0.1) is 5.41 Å². The number of benzene rings is 3. The summed E-state index contributed by atoms with van der Waals surface area (Å²) in [6.07, 6.45) is 1.44. The molecule has 0 saturated heterocycles. The Balaban J connectivity index is 1.65. The van der Waals surface area contributed by atoms with Crippen LogP contribution in [-0.2, 0) is 31.4 Å². The molecule has 0 unspecified atom stereocenters. The van der Waals surface area contributed by atoms with Crippen molar-refractivity contribution in [2.75, 3.05) is 25.3 Å². The Morgan fingerprint density at radius 2 is 1.56 bits per heavy atom. The molecule has 0 fully saturated rings. The number of nitrogens with zero attached hydrogens (tertiary/aromatic N) is 2. The number of rotatable bonds is 11. The molecule has 11 heteroatoms. The number of nitrogens with one attached hydrogen (secondary N) is 4. The molecule has 1 aromatic heterocycles. The standard InChI is InChI=1S/C32H36N8O3/c1-39(2)38-27-19-40(3)29(23-13-24(15-25(33)14-23)32(43)37-18-20-7-5-4-6-8-20)26(30(27)42)16-28(41)36-17-21-9-11-22(12-10-21)31(34)35/h4-15,19,38H,16-18,33H2,1-3H3,(H3,34,35)(H,36,41)(H,37,43). The predicted molar refractivity (Wildman–Crippen MR) is 169 cm³/mol. The summed E-state index contributed by atoms with van der Waals surface area (Å²) in [6.45, 7) is 0.572. The highest BCUT2D eigenvalue weighted by Crippen LogP contribution is 2.27. The van der Waals surface area contributed by atoms with Crippen LogP contribution in [0.25, 0.3) is 11.3 Å². The predicted octanol–water partition coefficient (Wildman–Crippen LogP) is 2.60. The normalized spacial score (nSPS) is 10.8. The fourth-order valence-electron chi connectivity index (χ4n) is 4.69. The van der Waals surface area contributed by atoms with Gasteiger partial charge in [-0.05, 0) is 29.3 Å². The summed E-state index contributed by atoms with van der Waals surface area (Å²) in [5.74, 6) is -0.715. The van der Waals surface area contributed by atoms with Gasteiger partial charge in [0.15, 0.2) is 0 Å². The van der Waals surface area contributed by atoms with Crippen molar-refractivity contribution < 1.29 is 9.59 Å². The molecule has 0 bridgehead atoms. The molecule has 0 radical (unpaired) electrons. The van der Waals surface area contributed by atoms with Crippen molar-refractivity contribution in [2.45, 2.75) is 19.5 Å². The number of nitrogen functional groups attached to an aromatic ring is 2. The lowest BCUT2D eigenvalue weighted by Crippen LogP contribution is -2.31. The number of hydrazine groups is 1. The van der Waals surface area contributed by atoms with Crippen LogP contribution in [0.2, 0.25) is 0 Å². The number of amides is 2. The number of amidine groups is 1. The first-order valence-corrected chi connectivity index (χ1v) is 13.6. The van der Waals surface area contributed by atoms with E-state index < -0.39 is 0 Å². The van der Waals surface area contributed by atoms with E-state index in [1.165, 1.54) is 0 Å². The summed E-state index contributed by atoms with van der Waals surface area (Å²) < 4.78 is 1.75. The fraction of sp³-hybridized carbons (Fsp3) is 0.188. The van der Waals surface area contributed by atoms with Crippen LogP contribution < -0.4 is 33.0 Å². The maximum Gasteiger partial charge on any atom is 0.251 e. The van der Waals surface area contributed by atoms with Gasteiger partial charge in [-0.3, -0.25) is 19.8 Å². The average Bonchev–Trinajstić information content (AvgIpc) is 2.97. The second kappa shape index (κ2) is 13.5. The third-order valence-electron chi connectivity index (χ3n) is 6.70. The molecule has 4 rings (SSSR count). The molecule has 0 saturated carbocycles. The third kappa shape index (κ3) is 7.86. The molecular weight excluding hydrogens is 544 g/mol. The van der Waals surface area contributed by atoms with Crippen LogP contribution in [0.1, 0.15) is 32.6 Å². The summed E-state index contributed by atoms with van der Waals surface area (Å²) in [6, 6.07) is 21.4. The first-order valence-electron chi connectivity index (χ1n) is 13.6. The minimum absolute atomic E-state index is 0.0384. The van der Waals surface area contributed by atoms with E-state index in [1.807, 2.05) is 30.3 Å². The lowest BCUT2D eigenvalue weighted by Gasteiger charge is -2.20. The van der Waals surface area contributed by atoms with Crippen molar-refractivity contribution >= 4 is 29.0 Å². The van der Waals surface area contributed by atoms with Crippen molar-refractivity contribution in [1.82, 2.24) is 20.2 Å². The second-order valence-corrected chi connectivity index (χ2v) is 10.4. The van der Waals surface area contributed by atoms with E-state index in [4.69, 9.17) is 16.9 Å². The van der Waals surface area contributed by atoms with Crippen LogP contribution in [0.15, 0.2) is 83.8 Å². The number of anilines is 2. The molecular formula is C32H36N8O3. The third-order valence-corrected chi connectivity index (χ3v) is 6.70. The van der Waals surface area contributed by atoms with Gasteiger partial charge in [-0.15, -0.1) is 0 Å². The SMILES string of the molecule is CN(C)Nc1cn(C)c(-c2cc(N)cc(C(=O)NCc3ccccc3)c2)c(CC(=O)NCc2ccc(C(=N)N)cc2)c1=O. The summed E-state index contributed by atoms with van der Waals surface area (Å²) in [5.41, 5.74) is 19.0. The Morgan fingerprint density at radius 3 is 2.21 bits per heavy atom. The molecule has 222 valence electrons. The minimum Gasteiger partial charge on any atom is -0.399 e. The molecule has 11 nitrogen and oxygen atoms in total. The number of hydrogen-bond acceptors (Lipinski definition) is 7. The maximum absolute atomic E-state index is 13.7. The van der Waals surface area contributed by atoms with E-state index in [2.05, 4.69) is 16.1 Å². The van der Waals surface area contributed by atoms with Crippen molar-refractivity contribution in [1.29, 1.82) is 5.41 Å². The average molecular weight is 581 g/mol. The molecule has 0 aliphatic carbocycles. The van der Waals surface area contributed by atoms with Crippen LogP contribution >= 0.6 is 0 Å². The van der Waals surface area contributed by atoms with Crippen molar-refractivity contribution in [3.8, 4) is 11.3 Å². The quantitative estimate of drug-likeness (QED) is 0.0685. The van der Waals surface area contributed by atoms with E-state index in [0.29, 0.717) is 40.3 Å². The Morgan fingerprint density at radius 1 is 0.907 bits per heavy atom. The fourth-order valence-corrected chi connectivity index (χ4v) is 4.69. The van der Waals surface area contributed by atoms with Gasteiger partial charge in [0.05, 0.1) is 12.1 Å². The molecule has 2 amide bonds. The van der Waals surface area contributed by atoms with E-state index in [1.54, 1.807) is 79.4 Å². The summed E-state index contributed by atoms with van der Waals surface area (Å²) in [4.78, 5) is 40.0. The van der Waals surface area contributed by atoms with Crippen molar-refractivity contribution in [3.05, 3.63) is 117 Å². The Hall–Kier alpha value is -5.42. The molecule has 0 atom stereocenters. The zero-order chi connectivity index (χ0) is 31.1. The molecule has 3 aromatic carbocycles. The van der Waals surface area contributed by atoms with Crippen LogP contribution in [0.5, 0.6) is 0 Å². The molecule has 0 aliphatic rings. The molecule has 1 heterocycles. The number of hydrogen-bond donors (Lipinski definition) is 6. The number of pyridine rings is 1. The van der Waals surface area contributed by atoms with E-state index in [0.717, 1.165) is 11.1 Å². The van der Waals surface area contributed by atoms with E-state index >= 15 is 0 Å². The summed E-state index contributed by atoms with van der Waals surface area (Å²) in [7, 11) is 5.29. The smallest absolute Gasteiger partial charge is 0.251 e. The highest BCUT2D eigenvalue weighted by molar-refractivity contribution is 5.97. The van der Waals surface area contributed by atoms with Crippen molar-refractivity contribution in [2.24, 2.45) is 12.8 Å². The van der Waals surface area contributed by atoms with Gasteiger partial charge >= 0.3 is 0 Å². The highest BCUT2D eigenvalue weighted by atomic mass is 16.2. The monoisotopic (exact) mass is 580 g/mol. The van der Waals surface area contributed by atoms with E-state index in [9.17, 15) is 14.4 Å². The second-order valence-electron chi connectivity index (χ2n) is 10.4. The topological polar surface area (TPSA) is 171 Å². The van der Waals surface area contributed by atoms with Crippen LogP contribution in [0.3, 0.4) is 0 Å². The van der Waals surface area contributed by atoms with E-state index in [-0.39, 0.29) is 41.6 Å². The minimum atomic E-state index is -0.360. The molecule has 43 heavy (non-hydrogen) atoms. The number of aryl methyl sites for hydroxylation is 1. The van der Waals surface area contributed by atoms with Crippen molar-refractivity contribution in [3.63, 3.8) is 0 Å². The number of nitrogens with two attached hydrogens (primary N) is 2. The first-order chi connectivity index (χ1) is 20.5. The van der Waals surface area contributed by atoms with Gasteiger partial charge in [0.2, 0.25) is 11.3 Å². The Kier molecular flexibility index (Phi) is 9.58. The number of carbonyl (C=O) groups is 2.